The average Bonchev–Trinajstić information content (AvgIpc) is 2.47. The largest absolute Gasteiger partial charge is 0.493 e. The third-order valence-corrected chi connectivity index (χ3v) is 3.33. The number of ether oxygens (including phenoxy) is 2. The zero-order chi connectivity index (χ0) is 14.9. The van der Waals surface area contributed by atoms with Gasteiger partial charge in [-0.2, -0.15) is 0 Å². The number of methoxy groups -OCH3 is 2. The van der Waals surface area contributed by atoms with Crippen molar-refractivity contribution in [3.63, 3.8) is 0 Å². The summed E-state index contributed by atoms with van der Waals surface area (Å²) in [5, 5.41) is 0.384. The zero-order valence-corrected chi connectivity index (χ0v) is 12.2. The van der Waals surface area contributed by atoms with Crippen molar-refractivity contribution in [2.24, 2.45) is 7.05 Å². The maximum atomic E-state index is 12.4. The quantitative estimate of drug-likeness (QED) is 0.789. The highest BCUT2D eigenvalue weighted by molar-refractivity contribution is 6.17. The predicted octanol–water partition coefficient (Wildman–Crippen LogP) is 0.956. The van der Waals surface area contributed by atoms with Crippen molar-refractivity contribution in [1.29, 1.82) is 0 Å². The summed E-state index contributed by atoms with van der Waals surface area (Å²) in [7, 11) is 4.58. The van der Waals surface area contributed by atoms with E-state index in [0.29, 0.717) is 22.4 Å². The van der Waals surface area contributed by atoms with E-state index in [1.54, 1.807) is 19.2 Å². The van der Waals surface area contributed by atoms with Gasteiger partial charge in [-0.3, -0.25) is 13.9 Å². The molecular formula is C13H15ClN2O4. The minimum atomic E-state index is -0.407. The molecule has 0 saturated carbocycles. The van der Waals surface area contributed by atoms with Gasteiger partial charge in [-0.05, 0) is 6.07 Å². The molecule has 0 N–H and O–H groups in total. The molecule has 0 saturated heterocycles. The number of fused-ring (bicyclic) bond motifs is 1. The van der Waals surface area contributed by atoms with Gasteiger partial charge in [0.15, 0.2) is 11.5 Å². The number of benzene rings is 1. The predicted molar refractivity (Wildman–Crippen MR) is 77.3 cm³/mol. The minimum Gasteiger partial charge on any atom is -0.493 e. The summed E-state index contributed by atoms with van der Waals surface area (Å²) < 4.78 is 12.9. The summed E-state index contributed by atoms with van der Waals surface area (Å²) in [4.78, 5) is 24.5. The van der Waals surface area contributed by atoms with Crippen LogP contribution in [0, 0.1) is 0 Å². The highest BCUT2D eigenvalue weighted by Crippen LogP contribution is 2.30. The van der Waals surface area contributed by atoms with Crippen molar-refractivity contribution in [2.75, 3.05) is 20.1 Å². The molecule has 6 nitrogen and oxygen atoms in total. The molecule has 2 aromatic rings. The van der Waals surface area contributed by atoms with E-state index >= 15 is 0 Å². The summed E-state index contributed by atoms with van der Waals surface area (Å²) in [5.74, 6) is 1.09. The van der Waals surface area contributed by atoms with Gasteiger partial charge in [-0.1, -0.05) is 0 Å². The lowest BCUT2D eigenvalue weighted by atomic mass is 10.2. The van der Waals surface area contributed by atoms with Crippen molar-refractivity contribution >= 4 is 22.5 Å². The lowest BCUT2D eigenvalue weighted by Crippen LogP contribution is -2.39. The van der Waals surface area contributed by atoms with E-state index in [1.165, 1.54) is 18.8 Å². The van der Waals surface area contributed by atoms with E-state index < -0.39 is 5.69 Å². The second-order valence-electron chi connectivity index (χ2n) is 4.21. The van der Waals surface area contributed by atoms with Crippen LogP contribution in [-0.2, 0) is 13.6 Å². The molecule has 0 radical (unpaired) electrons. The fourth-order valence-electron chi connectivity index (χ4n) is 2.12. The standard InChI is InChI=1S/C13H15ClN2O4/c1-15-9-7-11(20-3)10(19-2)6-8(9)12(17)16(5-4-14)13(15)18/h6-7H,4-5H2,1-3H3. The highest BCUT2D eigenvalue weighted by Gasteiger charge is 2.14. The van der Waals surface area contributed by atoms with Gasteiger partial charge in [-0.15, -0.1) is 11.6 Å². The fraction of sp³-hybridized carbons (Fsp3) is 0.385. The summed E-state index contributed by atoms with van der Waals surface area (Å²) in [5.41, 5.74) is -0.302. The number of hydrogen-bond donors (Lipinski definition) is 0. The van der Waals surface area contributed by atoms with E-state index in [-0.39, 0.29) is 18.0 Å². The third-order valence-electron chi connectivity index (χ3n) is 3.16. The molecule has 0 aliphatic carbocycles. The Hall–Kier alpha value is -1.95. The van der Waals surface area contributed by atoms with Gasteiger partial charge in [0, 0.05) is 25.5 Å². The van der Waals surface area contributed by atoms with Gasteiger partial charge in [-0.25, -0.2) is 4.79 Å². The van der Waals surface area contributed by atoms with Crippen LogP contribution >= 0.6 is 11.6 Å². The van der Waals surface area contributed by atoms with Crippen LogP contribution < -0.4 is 20.7 Å². The van der Waals surface area contributed by atoms with Crippen molar-refractivity contribution < 1.29 is 9.47 Å². The van der Waals surface area contributed by atoms with Crippen molar-refractivity contribution in [3.8, 4) is 11.5 Å². The van der Waals surface area contributed by atoms with Crippen LogP contribution in [0.4, 0.5) is 0 Å². The Morgan fingerprint density at radius 2 is 1.75 bits per heavy atom. The number of hydrogen-bond acceptors (Lipinski definition) is 4. The van der Waals surface area contributed by atoms with Crippen LogP contribution in [-0.4, -0.2) is 29.2 Å². The molecule has 0 amide bonds. The Labute approximate surface area is 120 Å². The van der Waals surface area contributed by atoms with Gasteiger partial charge < -0.3 is 9.47 Å². The van der Waals surface area contributed by atoms with Gasteiger partial charge in [0.25, 0.3) is 5.56 Å². The molecule has 2 rings (SSSR count). The van der Waals surface area contributed by atoms with E-state index in [9.17, 15) is 9.59 Å². The maximum absolute atomic E-state index is 12.4. The first kappa shape index (κ1) is 14.5. The van der Waals surface area contributed by atoms with Crippen molar-refractivity contribution in [2.45, 2.75) is 6.54 Å². The first-order chi connectivity index (χ1) is 9.54. The van der Waals surface area contributed by atoms with Gasteiger partial charge in [0.2, 0.25) is 0 Å². The molecule has 0 atom stereocenters. The number of alkyl halides is 1. The summed E-state index contributed by atoms with van der Waals surface area (Å²) in [6, 6.07) is 3.18. The first-order valence-electron chi connectivity index (χ1n) is 5.96. The first-order valence-corrected chi connectivity index (χ1v) is 6.50. The van der Waals surface area contributed by atoms with Crippen LogP contribution in [0.1, 0.15) is 0 Å². The molecule has 7 heteroatoms. The zero-order valence-electron chi connectivity index (χ0n) is 11.5. The molecular weight excluding hydrogens is 284 g/mol. The number of nitrogens with zero attached hydrogens (tertiary/aromatic N) is 2. The average molecular weight is 299 g/mol. The summed E-state index contributed by atoms with van der Waals surface area (Å²) >= 11 is 5.64. The highest BCUT2D eigenvalue weighted by atomic mass is 35.5. The smallest absolute Gasteiger partial charge is 0.331 e. The van der Waals surface area contributed by atoms with E-state index in [4.69, 9.17) is 21.1 Å². The Morgan fingerprint density at radius 3 is 2.30 bits per heavy atom. The molecule has 0 fully saturated rings. The number of aryl methyl sites for hydroxylation is 1. The maximum Gasteiger partial charge on any atom is 0.331 e. The third kappa shape index (κ3) is 2.16. The number of aromatic nitrogens is 2. The lowest BCUT2D eigenvalue weighted by Gasteiger charge is -2.13. The van der Waals surface area contributed by atoms with Crippen LogP contribution in [0.5, 0.6) is 11.5 Å². The monoisotopic (exact) mass is 298 g/mol. The van der Waals surface area contributed by atoms with Gasteiger partial charge in [0.05, 0.1) is 25.1 Å². The van der Waals surface area contributed by atoms with Gasteiger partial charge >= 0.3 is 5.69 Å². The minimum absolute atomic E-state index is 0.164. The van der Waals surface area contributed by atoms with Gasteiger partial charge in [0.1, 0.15) is 0 Å². The van der Waals surface area contributed by atoms with Crippen LogP contribution in [0.25, 0.3) is 10.9 Å². The molecule has 0 bridgehead atoms. The normalized spacial score (nSPS) is 10.8. The number of rotatable bonds is 4. The van der Waals surface area contributed by atoms with Crippen molar-refractivity contribution in [3.05, 3.63) is 33.0 Å². The molecule has 1 heterocycles. The summed E-state index contributed by atoms with van der Waals surface area (Å²) in [6.07, 6.45) is 0. The summed E-state index contributed by atoms with van der Waals surface area (Å²) in [6.45, 7) is 0.164. The molecule has 0 aliphatic rings. The van der Waals surface area contributed by atoms with Crippen LogP contribution in [0.15, 0.2) is 21.7 Å². The molecule has 0 spiro atoms. The lowest BCUT2D eigenvalue weighted by molar-refractivity contribution is 0.355. The molecule has 1 aromatic heterocycles. The van der Waals surface area contributed by atoms with Crippen molar-refractivity contribution in [1.82, 2.24) is 9.13 Å². The van der Waals surface area contributed by atoms with Crippen LogP contribution in [0.2, 0.25) is 0 Å². The second kappa shape index (κ2) is 5.58. The Kier molecular flexibility index (Phi) is 4.04. The van der Waals surface area contributed by atoms with Crippen LogP contribution in [0.3, 0.4) is 0 Å². The SMILES string of the molecule is COc1cc2c(=O)n(CCCl)c(=O)n(C)c2cc1OC. The van der Waals surface area contributed by atoms with E-state index in [1.807, 2.05) is 0 Å². The second-order valence-corrected chi connectivity index (χ2v) is 4.59. The topological polar surface area (TPSA) is 62.5 Å². The van der Waals surface area contributed by atoms with E-state index in [2.05, 4.69) is 0 Å². The molecule has 0 unspecified atom stereocenters. The Bertz CT molecular complexity index is 764. The molecule has 20 heavy (non-hydrogen) atoms. The Morgan fingerprint density at radius 1 is 1.15 bits per heavy atom. The molecule has 1 aromatic carbocycles. The number of halogens is 1. The fourth-order valence-corrected chi connectivity index (χ4v) is 2.28. The molecule has 0 aliphatic heterocycles. The Balaban J connectivity index is 2.93. The molecule has 108 valence electrons. The van der Waals surface area contributed by atoms with E-state index in [0.717, 1.165) is 4.57 Å².